The number of halogens is 1. The number of rotatable bonds is 2. The Hall–Kier alpha value is -1.82. The summed E-state index contributed by atoms with van der Waals surface area (Å²) >= 11 is 0. The molecule has 3 rings (SSSR count). The van der Waals surface area contributed by atoms with Crippen LogP contribution in [-0.4, -0.2) is 40.9 Å². The zero-order valence-corrected chi connectivity index (χ0v) is 15.2. The number of aliphatic hydroxyl groups is 1. The Bertz CT molecular complexity index is 656. The van der Waals surface area contributed by atoms with Crippen LogP contribution in [0.25, 0.3) is 0 Å². The molecular weight excluding hydrogens is 325 g/mol. The smallest absolute Gasteiger partial charge is 0.410 e. The Morgan fingerprint density at radius 2 is 1.88 bits per heavy atom. The molecule has 1 aromatic rings. The second-order valence-corrected chi connectivity index (χ2v) is 8.03. The fourth-order valence-electron chi connectivity index (χ4n) is 4.17. The number of amides is 1. The lowest BCUT2D eigenvalue weighted by Crippen LogP contribution is -2.53. The largest absolute Gasteiger partial charge is 0.496 e. The predicted molar refractivity (Wildman–Crippen MR) is 91.0 cm³/mol. The van der Waals surface area contributed by atoms with Gasteiger partial charge in [-0.3, -0.25) is 0 Å². The molecule has 2 aliphatic heterocycles. The van der Waals surface area contributed by atoms with E-state index < -0.39 is 17.0 Å². The van der Waals surface area contributed by atoms with E-state index in [-0.39, 0.29) is 36.6 Å². The van der Waals surface area contributed by atoms with E-state index in [0.29, 0.717) is 5.75 Å². The molecule has 2 unspecified atom stereocenters. The topological polar surface area (TPSA) is 59.0 Å². The van der Waals surface area contributed by atoms with Crippen LogP contribution in [0.4, 0.5) is 9.18 Å². The lowest BCUT2D eigenvalue weighted by atomic mass is 9.80. The van der Waals surface area contributed by atoms with E-state index in [1.807, 2.05) is 20.8 Å². The first kappa shape index (κ1) is 18.0. The summed E-state index contributed by atoms with van der Waals surface area (Å²) in [6.45, 7) is 5.49. The molecule has 1 N–H and O–H groups in total. The van der Waals surface area contributed by atoms with Crippen LogP contribution >= 0.6 is 0 Å². The maximum absolute atomic E-state index is 14.5. The van der Waals surface area contributed by atoms with Crippen molar-refractivity contribution in [1.82, 2.24) is 4.90 Å². The first-order valence-corrected chi connectivity index (χ1v) is 8.71. The molecule has 0 aromatic heterocycles. The fourth-order valence-corrected chi connectivity index (χ4v) is 4.17. The standard InChI is InChI=1S/C19H26FNO4/c1-18(2,3)25-17(22)21-12-8-9-13(21)11-19(23,10-12)16-14(20)6-5-7-15(16)24-4/h5-7,12-13,23H,8-11H2,1-4H3. The second-order valence-electron chi connectivity index (χ2n) is 8.03. The maximum Gasteiger partial charge on any atom is 0.410 e. The third kappa shape index (κ3) is 3.32. The molecule has 0 saturated carbocycles. The van der Waals surface area contributed by atoms with Crippen molar-refractivity contribution in [3.8, 4) is 5.75 Å². The Balaban J connectivity index is 1.88. The predicted octanol–water partition coefficient (Wildman–Crippen LogP) is 3.58. The van der Waals surface area contributed by atoms with Crippen molar-refractivity contribution < 1.29 is 23.8 Å². The van der Waals surface area contributed by atoms with E-state index in [9.17, 15) is 14.3 Å². The molecule has 25 heavy (non-hydrogen) atoms. The van der Waals surface area contributed by atoms with E-state index in [0.717, 1.165) is 12.8 Å². The van der Waals surface area contributed by atoms with Gasteiger partial charge in [-0.2, -0.15) is 0 Å². The molecule has 2 heterocycles. The zero-order chi connectivity index (χ0) is 18.4. The van der Waals surface area contributed by atoms with Crippen molar-refractivity contribution in [2.75, 3.05) is 7.11 Å². The van der Waals surface area contributed by atoms with Crippen LogP contribution in [0.3, 0.4) is 0 Å². The minimum absolute atomic E-state index is 0.164. The number of ether oxygens (including phenoxy) is 2. The van der Waals surface area contributed by atoms with Crippen LogP contribution in [0.15, 0.2) is 18.2 Å². The molecule has 2 atom stereocenters. The van der Waals surface area contributed by atoms with Crippen LogP contribution < -0.4 is 4.74 Å². The number of nitrogens with zero attached hydrogens (tertiary/aromatic N) is 1. The number of piperidine rings is 1. The molecule has 0 aliphatic carbocycles. The fraction of sp³-hybridized carbons (Fsp3) is 0.632. The third-order valence-corrected chi connectivity index (χ3v) is 5.03. The van der Waals surface area contributed by atoms with Crippen molar-refractivity contribution in [2.45, 2.75) is 69.7 Å². The molecule has 138 valence electrons. The number of carbonyl (C=O) groups is 1. The van der Waals surface area contributed by atoms with Gasteiger partial charge in [0.1, 0.15) is 22.8 Å². The van der Waals surface area contributed by atoms with E-state index in [2.05, 4.69) is 0 Å². The Labute approximate surface area is 147 Å². The van der Waals surface area contributed by atoms with Gasteiger partial charge in [0.2, 0.25) is 0 Å². The number of methoxy groups -OCH3 is 1. The molecule has 6 heteroatoms. The SMILES string of the molecule is COc1cccc(F)c1C1(O)CC2CCC(C1)N2C(=O)OC(C)(C)C. The molecular formula is C19H26FNO4. The minimum atomic E-state index is -1.35. The van der Waals surface area contributed by atoms with Crippen LogP contribution in [-0.2, 0) is 10.3 Å². The van der Waals surface area contributed by atoms with E-state index in [1.165, 1.54) is 13.2 Å². The van der Waals surface area contributed by atoms with Crippen molar-refractivity contribution >= 4 is 6.09 Å². The van der Waals surface area contributed by atoms with Crippen LogP contribution in [0.5, 0.6) is 5.75 Å². The molecule has 5 nitrogen and oxygen atoms in total. The molecule has 2 aliphatic rings. The normalized spacial score (nSPS) is 28.8. The lowest BCUT2D eigenvalue weighted by molar-refractivity contribution is -0.0650. The van der Waals surface area contributed by atoms with Gasteiger partial charge >= 0.3 is 6.09 Å². The molecule has 1 amide bonds. The summed E-state index contributed by atoms with van der Waals surface area (Å²) in [6.07, 6.45) is 1.76. The highest BCUT2D eigenvalue weighted by Crippen LogP contribution is 2.48. The van der Waals surface area contributed by atoms with Gasteiger partial charge in [0, 0.05) is 24.9 Å². The van der Waals surface area contributed by atoms with Gasteiger partial charge in [0.15, 0.2) is 0 Å². The summed E-state index contributed by atoms with van der Waals surface area (Å²) in [5.41, 5.74) is -1.72. The summed E-state index contributed by atoms with van der Waals surface area (Å²) in [4.78, 5) is 14.3. The van der Waals surface area contributed by atoms with Crippen LogP contribution in [0, 0.1) is 5.82 Å². The number of benzene rings is 1. The molecule has 2 saturated heterocycles. The highest BCUT2D eigenvalue weighted by Gasteiger charge is 2.52. The Morgan fingerprint density at radius 1 is 1.28 bits per heavy atom. The zero-order valence-electron chi connectivity index (χ0n) is 15.2. The number of carbonyl (C=O) groups excluding carboxylic acids is 1. The minimum Gasteiger partial charge on any atom is -0.496 e. The van der Waals surface area contributed by atoms with Crippen molar-refractivity contribution in [3.63, 3.8) is 0 Å². The molecule has 0 spiro atoms. The summed E-state index contributed by atoms with van der Waals surface area (Å²) < 4.78 is 25.3. The van der Waals surface area contributed by atoms with Gasteiger partial charge in [-0.15, -0.1) is 0 Å². The maximum atomic E-state index is 14.5. The Morgan fingerprint density at radius 3 is 2.40 bits per heavy atom. The van der Waals surface area contributed by atoms with E-state index >= 15 is 0 Å². The molecule has 0 radical (unpaired) electrons. The first-order valence-electron chi connectivity index (χ1n) is 8.71. The molecule has 2 fully saturated rings. The second kappa shape index (κ2) is 6.16. The summed E-state index contributed by atoms with van der Waals surface area (Å²) in [7, 11) is 1.46. The number of hydrogen-bond acceptors (Lipinski definition) is 4. The summed E-state index contributed by atoms with van der Waals surface area (Å²) in [6, 6.07) is 4.22. The summed E-state index contributed by atoms with van der Waals surface area (Å²) in [5.74, 6) is -0.139. The average Bonchev–Trinajstić information content (AvgIpc) is 2.78. The highest BCUT2D eigenvalue weighted by atomic mass is 19.1. The van der Waals surface area contributed by atoms with Gasteiger partial charge in [0.25, 0.3) is 0 Å². The first-order chi connectivity index (χ1) is 11.6. The van der Waals surface area contributed by atoms with Crippen LogP contribution in [0.1, 0.15) is 52.0 Å². The monoisotopic (exact) mass is 351 g/mol. The summed E-state index contributed by atoms with van der Waals surface area (Å²) in [5, 5.41) is 11.2. The van der Waals surface area contributed by atoms with E-state index in [4.69, 9.17) is 9.47 Å². The van der Waals surface area contributed by atoms with Gasteiger partial charge < -0.3 is 19.5 Å². The van der Waals surface area contributed by atoms with E-state index in [1.54, 1.807) is 17.0 Å². The average molecular weight is 351 g/mol. The third-order valence-electron chi connectivity index (χ3n) is 5.03. The highest BCUT2D eigenvalue weighted by molar-refractivity contribution is 5.70. The number of fused-ring (bicyclic) bond motifs is 2. The lowest BCUT2D eigenvalue weighted by Gasteiger charge is -2.44. The van der Waals surface area contributed by atoms with Crippen LogP contribution in [0.2, 0.25) is 0 Å². The van der Waals surface area contributed by atoms with Crippen molar-refractivity contribution in [2.24, 2.45) is 0 Å². The molecule has 1 aromatic carbocycles. The van der Waals surface area contributed by atoms with Crippen molar-refractivity contribution in [3.05, 3.63) is 29.6 Å². The molecule has 2 bridgehead atoms. The van der Waals surface area contributed by atoms with Crippen molar-refractivity contribution in [1.29, 1.82) is 0 Å². The number of hydrogen-bond donors (Lipinski definition) is 1. The van der Waals surface area contributed by atoms with Gasteiger partial charge in [0.05, 0.1) is 12.7 Å². The van der Waals surface area contributed by atoms with Gasteiger partial charge in [-0.25, -0.2) is 9.18 Å². The van der Waals surface area contributed by atoms with Gasteiger partial charge in [-0.05, 0) is 45.7 Å². The quantitative estimate of drug-likeness (QED) is 0.885. The van der Waals surface area contributed by atoms with Gasteiger partial charge in [-0.1, -0.05) is 6.07 Å². The Kier molecular flexibility index (Phi) is 4.43.